The number of para-hydroxylation sites is 1. The van der Waals surface area contributed by atoms with Gasteiger partial charge in [-0.05, 0) is 24.3 Å². The maximum absolute atomic E-state index is 11.4. The Balaban J connectivity index is 2.13. The van der Waals surface area contributed by atoms with Crippen LogP contribution < -0.4 is 10.1 Å². The molecule has 0 aliphatic carbocycles. The maximum atomic E-state index is 11.4. The zero-order valence-electron chi connectivity index (χ0n) is 11.4. The van der Waals surface area contributed by atoms with Crippen LogP contribution in [0.2, 0.25) is 0 Å². The summed E-state index contributed by atoms with van der Waals surface area (Å²) in [5.74, 6) is 0.0694. The summed E-state index contributed by atoms with van der Waals surface area (Å²) in [5.41, 5.74) is 0.754. The van der Waals surface area contributed by atoms with E-state index in [9.17, 15) is 14.9 Å². The van der Waals surface area contributed by atoms with E-state index in [2.05, 4.69) is 5.32 Å². The monoisotopic (exact) mass is 297 g/mol. The van der Waals surface area contributed by atoms with Crippen LogP contribution in [0.1, 0.15) is 5.56 Å². The van der Waals surface area contributed by atoms with Crippen molar-refractivity contribution in [1.29, 1.82) is 5.26 Å². The first-order valence-corrected chi connectivity index (χ1v) is 6.27. The molecule has 0 spiro atoms. The molecule has 22 heavy (non-hydrogen) atoms. The number of hydrogen-bond acceptors (Lipinski definition) is 5. The van der Waals surface area contributed by atoms with Gasteiger partial charge in [0.2, 0.25) is 0 Å². The average Bonchev–Trinajstić information content (AvgIpc) is 2.47. The number of carbonyl (C=O) groups is 1. The lowest BCUT2D eigenvalue weighted by Crippen LogP contribution is -2.21. The summed E-state index contributed by atoms with van der Waals surface area (Å²) >= 11 is 0. The van der Waals surface area contributed by atoms with Gasteiger partial charge in [-0.15, -0.1) is 0 Å². The van der Waals surface area contributed by atoms with E-state index in [0.717, 1.165) is 0 Å². The fourth-order valence-electron chi connectivity index (χ4n) is 1.73. The van der Waals surface area contributed by atoms with Gasteiger partial charge in [-0.2, -0.15) is 5.26 Å². The first kappa shape index (κ1) is 15.0. The van der Waals surface area contributed by atoms with E-state index < -0.39 is 17.4 Å². The number of nitrogens with one attached hydrogen (secondary N) is 1. The van der Waals surface area contributed by atoms with Gasteiger partial charge < -0.3 is 10.1 Å². The van der Waals surface area contributed by atoms with Crippen LogP contribution in [0.3, 0.4) is 0 Å². The van der Waals surface area contributed by atoms with Crippen LogP contribution in [-0.2, 0) is 4.79 Å². The van der Waals surface area contributed by atoms with E-state index in [1.165, 1.54) is 6.07 Å². The molecule has 0 aliphatic rings. The minimum atomic E-state index is -0.803. The van der Waals surface area contributed by atoms with E-state index in [0.29, 0.717) is 22.7 Å². The van der Waals surface area contributed by atoms with Crippen molar-refractivity contribution < 1.29 is 14.5 Å². The Morgan fingerprint density at radius 3 is 2.77 bits per heavy atom. The molecule has 0 fully saturated rings. The lowest BCUT2D eigenvalue weighted by Gasteiger charge is -2.09. The van der Waals surface area contributed by atoms with Crippen LogP contribution in [0.25, 0.3) is 0 Å². The molecule has 0 heterocycles. The zero-order chi connectivity index (χ0) is 15.9. The van der Waals surface area contributed by atoms with Crippen molar-refractivity contribution in [1.82, 2.24) is 0 Å². The first-order valence-electron chi connectivity index (χ1n) is 6.27. The fourth-order valence-corrected chi connectivity index (χ4v) is 1.73. The van der Waals surface area contributed by atoms with Crippen LogP contribution in [-0.4, -0.2) is 17.4 Å². The molecule has 0 atom stereocenters. The standard InChI is InChI=1S/C15H11N3O4/c16-9-11-4-1-2-7-14(11)22-13-6-3-5-12(8-13)17-15(19)10-18(20)21/h1-8H,10H2,(H,17,19). The fraction of sp³-hybridized carbons (Fsp3) is 0.0667. The van der Waals surface area contributed by atoms with Gasteiger partial charge in [-0.1, -0.05) is 18.2 Å². The second-order valence-corrected chi connectivity index (χ2v) is 4.28. The summed E-state index contributed by atoms with van der Waals surface area (Å²) in [4.78, 5) is 20.9. The third-order valence-electron chi connectivity index (χ3n) is 2.63. The number of nitriles is 1. The Labute approximate surface area is 125 Å². The number of amides is 1. The Bertz CT molecular complexity index is 752. The van der Waals surface area contributed by atoms with Gasteiger partial charge in [-0.3, -0.25) is 14.9 Å². The Kier molecular flexibility index (Phi) is 4.67. The van der Waals surface area contributed by atoms with Gasteiger partial charge in [0.15, 0.2) is 0 Å². The SMILES string of the molecule is N#Cc1ccccc1Oc1cccc(NC(=O)C[N+](=O)[O-])c1. The third kappa shape index (κ3) is 4.05. The number of hydrogen-bond donors (Lipinski definition) is 1. The summed E-state index contributed by atoms with van der Waals surface area (Å²) < 4.78 is 5.60. The highest BCUT2D eigenvalue weighted by Crippen LogP contribution is 2.26. The van der Waals surface area contributed by atoms with Crippen LogP contribution in [0.15, 0.2) is 48.5 Å². The highest BCUT2D eigenvalue weighted by atomic mass is 16.6. The molecule has 2 aromatic carbocycles. The largest absolute Gasteiger partial charge is 0.456 e. The molecular formula is C15H11N3O4. The summed E-state index contributed by atoms with van der Waals surface area (Å²) in [6.07, 6.45) is 0. The van der Waals surface area contributed by atoms with Crippen molar-refractivity contribution in [3.63, 3.8) is 0 Å². The number of nitro groups is 1. The predicted octanol–water partition coefficient (Wildman–Crippen LogP) is 2.57. The first-order chi connectivity index (χ1) is 10.6. The number of anilines is 1. The van der Waals surface area contributed by atoms with Crippen LogP contribution in [0, 0.1) is 21.4 Å². The summed E-state index contributed by atoms with van der Waals surface area (Å²) in [7, 11) is 0. The number of benzene rings is 2. The number of ether oxygens (including phenoxy) is 1. The molecule has 7 heteroatoms. The van der Waals surface area contributed by atoms with Crippen molar-refractivity contribution in [2.24, 2.45) is 0 Å². The van der Waals surface area contributed by atoms with Crippen molar-refractivity contribution in [3.05, 3.63) is 64.2 Å². The summed E-state index contributed by atoms with van der Waals surface area (Å²) in [6, 6.07) is 15.1. The van der Waals surface area contributed by atoms with Crippen LogP contribution >= 0.6 is 0 Å². The van der Waals surface area contributed by atoms with Crippen molar-refractivity contribution in [2.75, 3.05) is 11.9 Å². The smallest absolute Gasteiger partial charge is 0.296 e. The van der Waals surface area contributed by atoms with E-state index in [4.69, 9.17) is 10.00 Å². The van der Waals surface area contributed by atoms with Gasteiger partial charge >= 0.3 is 0 Å². The molecule has 7 nitrogen and oxygen atoms in total. The summed E-state index contributed by atoms with van der Waals surface area (Å²) in [6.45, 7) is -0.803. The zero-order valence-corrected chi connectivity index (χ0v) is 11.4. The molecule has 0 saturated heterocycles. The minimum Gasteiger partial charge on any atom is -0.456 e. The molecule has 1 amide bonds. The van der Waals surface area contributed by atoms with Crippen molar-refractivity contribution >= 4 is 11.6 Å². The molecule has 110 valence electrons. The Morgan fingerprint density at radius 1 is 1.27 bits per heavy atom. The van der Waals surface area contributed by atoms with Crippen LogP contribution in [0.5, 0.6) is 11.5 Å². The van der Waals surface area contributed by atoms with Gasteiger partial charge in [0.25, 0.3) is 12.5 Å². The molecule has 0 bridgehead atoms. The lowest BCUT2D eigenvalue weighted by molar-refractivity contribution is -0.467. The molecule has 0 saturated carbocycles. The molecule has 2 aromatic rings. The molecule has 1 N–H and O–H groups in total. The normalized spacial score (nSPS) is 9.59. The van der Waals surface area contributed by atoms with Gasteiger partial charge in [0.05, 0.1) is 5.56 Å². The minimum absolute atomic E-state index is 0.374. The Morgan fingerprint density at radius 2 is 2.05 bits per heavy atom. The van der Waals surface area contributed by atoms with E-state index in [-0.39, 0.29) is 0 Å². The van der Waals surface area contributed by atoms with E-state index in [1.807, 2.05) is 6.07 Å². The highest BCUT2D eigenvalue weighted by molar-refractivity contribution is 5.91. The molecule has 0 unspecified atom stereocenters. The summed E-state index contributed by atoms with van der Waals surface area (Å²) in [5, 5.41) is 21.7. The number of rotatable bonds is 5. The van der Waals surface area contributed by atoms with Crippen molar-refractivity contribution in [3.8, 4) is 17.6 Å². The second kappa shape index (κ2) is 6.85. The highest BCUT2D eigenvalue weighted by Gasteiger charge is 2.10. The van der Waals surface area contributed by atoms with Crippen molar-refractivity contribution in [2.45, 2.75) is 0 Å². The lowest BCUT2D eigenvalue weighted by atomic mass is 10.2. The van der Waals surface area contributed by atoms with Gasteiger partial charge in [0.1, 0.15) is 17.6 Å². The second-order valence-electron chi connectivity index (χ2n) is 4.28. The van der Waals surface area contributed by atoms with Gasteiger partial charge in [-0.25, -0.2) is 0 Å². The molecule has 0 radical (unpaired) electrons. The van der Waals surface area contributed by atoms with Gasteiger partial charge in [0, 0.05) is 16.7 Å². The maximum Gasteiger partial charge on any atom is 0.296 e. The third-order valence-corrected chi connectivity index (χ3v) is 2.63. The topological polar surface area (TPSA) is 105 Å². The average molecular weight is 297 g/mol. The van der Waals surface area contributed by atoms with E-state index >= 15 is 0 Å². The predicted molar refractivity (Wildman–Crippen MR) is 78.2 cm³/mol. The number of carbonyl (C=O) groups excluding carboxylic acids is 1. The molecule has 0 aliphatic heterocycles. The molecular weight excluding hydrogens is 286 g/mol. The van der Waals surface area contributed by atoms with Crippen LogP contribution in [0.4, 0.5) is 5.69 Å². The quantitative estimate of drug-likeness (QED) is 0.674. The molecule has 0 aromatic heterocycles. The van der Waals surface area contributed by atoms with E-state index in [1.54, 1.807) is 42.5 Å². The molecule has 2 rings (SSSR count). The number of nitrogens with zero attached hydrogens (tertiary/aromatic N) is 2. The Hall–Kier alpha value is -3.40.